The molecule has 0 radical (unpaired) electrons. The van der Waals surface area contributed by atoms with Crippen LogP contribution < -0.4 is 0 Å². The monoisotopic (exact) mass is 493 g/mol. The summed E-state index contributed by atoms with van der Waals surface area (Å²) in [7, 11) is 0. The first kappa shape index (κ1) is 23.7. The Morgan fingerprint density at radius 2 is 1.39 bits per heavy atom. The van der Waals surface area contributed by atoms with E-state index >= 15 is 0 Å². The number of aliphatic imine (C=N–C) groups is 1. The standard InChI is InChI=1S/C31H24ClNO3/c32-26-18-16-25(17-19-26)29-33-31(30(35)36-29,21-22-10-4-1-5-11-22)27(23-12-6-2-7-13-23)20-28(34)24-14-8-3-9-15-24/h1-19,27H,20-21H2/t27-,31-/m1/s1. The Labute approximate surface area is 215 Å². The number of cyclic esters (lactones) is 1. The Balaban J connectivity index is 1.65. The third-order valence-electron chi connectivity index (χ3n) is 6.52. The van der Waals surface area contributed by atoms with Gasteiger partial charge in [0.1, 0.15) is 0 Å². The van der Waals surface area contributed by atoms with Gasteiger partial charge in [0.15, 0.2) is 11.3 Å². The van der Waals surface area contributed by atoms with Gasteiger partial charge in [-0.05, 0) is 35.4 Å². The van der Waals surface area contributed by atoms with Crippen LogP contribution in [0.5, 0.6) is 0 Å². The molecule has 0 saturated heterocycles. The molecular weight excluding hydrogens is 470 g/mol. The van der Waals surface area contributed by atoms with Crippen molar-refractivity contribution >= 4 is 29.3 Å². The fourth-order valence-corrected chi connectivity index (χ4v) is 4.80. The molecule has 4 nitrogen and oxygen atoms in total. The van der Waals surface area contributed by atoms with Crippen molar-refractivity contribution in [3.63, 3.8) is 0 Å². The molecule has 5 rings (SSSR count). The number of hydrogen-bond acceptors (Lipinski definition) is 4. The van der Waals surface area contributed by atoms with Gasteiger partial charge >= 0.3 is 5.97 Å². The minimum atomic E-state index is -1.32. The molecule has 0 saturated carbocycles. The zero-order valence-electron chi connectivity index (χ0n) is 19.5. The second-order valence-electron chi connectivity index (χ2n) is 8.86. The van der Waals surface area contributed by atoms with E-state index in [-0.39, 0.29) is 18.1 Å². The molecule has 0 fully saturated rings. The molecule has 5 heteroatoms. The minimum Gasteiger partial charge on any atom is -0.405 e. The molecule has 0 spiro atoms. The molecule has 0 aromatic heterocycles. The molecule has 0 amide bonds. The smallest absolute Gasteiger partial charge is 0.341 e. The predicted octanol–water partition coefficient (Wildman–Crippen LogP) is 6.68. The van der Waals surface area contributed by atoms with Crippen LogP contribution in [0, 0.1) is 0 Å². The molecule has 1 aliphatic heterocycles. The van der Waals surface area contributed by atoms with Crippen molar-refractivity contribution in [2.24, 2.45) is 4.99 Å². The number of hydrogen-bond donors (Lipinski definition) is 0. The van der Waals surface area contributed by atoms with Gasteiger partial charge in [-0.1, -0.05) is 103 Å². The highest BCUT2D eigenvalue weighted by atomic mass is 35.5. The summed E-state index contributed by atoms with van der Waals surface area (Å²) in [4.78, 5) is 32.2. The van der Waals surface area contributed by atoms with E-state index in [1.807, 2.05) is 78.9 Å². The highest BCUT2D eigenvalue weighted by Crippen LogP contribution is 2.43. The summed E-state index contributed by atoms with van der Waals surface area (Å²) in [5.74, 6) is -0.824. The van der Waals surface area contributed by atoms with Gasteiger partial charge in [0.25, 0.3) is 0 Å². The Hall–Kier alpha value is -4.02. The number of rotatable bonds is 8. The first-order valence-corrected chi connectivity index (χ1v) is 12.2. The van der Waals surface area contributed by atoms with Crippen LogP contribution in [0.2, 0.25) is 5.02 Å². The molecule has 2 atom stereocenters. The minimum absolute atomic E-state index is 0.0557. The van der Waals surface area contributed by atoms with Crippen molar-refractivity contribution in [1.82, 2.24) is 0 Å². The van der Waals surface area contributed by atoms with Crippen molar-refractivity contribution in [2.45, 2.75) is 24.3 Å². The normalized spacial score (nSPS) is 17.8. The maximum atomic E-state index is 13.8. The molecule has 1 heterocycles. The molecule has 0 N–H and O–H groups in total. The number of nitrogens with zero attached hydrogens (tertiary/aromatic N) is 1. The summed E-state index contributed by atoms with van der Waals surface area (Å²) in [6, 6.07) is 35.5. The molecule has 4 aromatic rings. The van der Waals surface area contributed by atoms with Crippen LogP contribution in [0.25, 0.3) is 0 Å². The second-order valence-corrected chi connectivity index (χ2v) is 9.29. The lowest BCUT2D eigenvalue weighted by Crippen LogP contribution is -2.43. The Morgan fingerprint density at radius 3 is 2.03 bits per heavy atom. The maximum Gasteiger partial charge on any atom is 0.341 e. The van der Waals surface area contributed by atoms with Crippen LogP contribution in [-0.4, -0.2) is 23.2 Å². The summed E-state index contributed by atoms with van der Waals surface area (Å²) in [5.41, 5.74) is 1.73. The van der Waals surface area contributed by atoms with E-state index in [4.69, 9.17) is 21.3 Å². The fourth-order valence-electron chi connectivity index (χ4n) is 4.68. The predicted molar refractivity (Wildman–Crippen MR) is 142 cm³/mol. The topological polar surface area (TPSA) is 55.7 Å². The average molecular weight is 494 g/mol. The van der Waals surface area contributed by atoms with Gasteiger partial charge in [0.05, 0.1) is 0 Å². The lowest BCUT2D eigenvalue weighted by Gasteiger charge is -2.32. The zero-order valence-corrected chi connectivity index (χ0v) is 20.3. The third kappa shape index (κ3) is 4.86. The molecule has 0 aliphatic carbocycles. The zero-order chi connectivity index (χ0) is 25.0. The maximum absolute atomic E-state index is 13.8. The van der Waals surface area contributed by atoms with E-state index in [1.165, 1.54) is 0 Å². The van der Waals surface area contributed by atoms with Crippen molar-refractivity contribution in [3.05, 3.63) is 143 Å². The summed E-state index contributed by atoms with van der Waals surface area (Å²) in [6.45, 7) is 0. The average Bonchev–Trinajstić information content (AvgIpc) is 3.25. The number of benzene rings is 4. The van der Waals surface area contributed by atoms with Crippen LogP contribution in [0.1, 0.15) is 39.4 Å². The second kappa shape index (κ2) is 10.3. The van der Waals surface area contributed by atoms with Gasteiger partial charge in [0, 0.05) is 34.9 Å². The van der Waals surface area contributed by atoms with E-state index in [0.29, 0.717) is 22.6 Å². The van der Waals surface area contributed by atoms with Gasteiger partial charge in [-0.2, -0.15) is 0 Å². The van der Waals surface area contributed by atoms with E-state index < -0.39 is 17.4 Å². The SMILES string of the molecule is O=C(C[C@H](c1ccccc1)[C@@]1(Cc2ccccc2)N=C(c2ccc(Cl)cc2)OC1=O)c1ccccc1. The van der Waals surface area contributed by atoms with Crippen LogP contribution in [0.4, 0.5) is 0 Å². The van der Waals surface area contributed by atoms with Crippen molar-refractivity contribution in [3.8, 4) is 0 Å². The number of ether oxygens (including phenoxy) is 1. The lowest BCUT2D eigenvalue weighted by molar-refractivity contribution is -0.139. The van der Waals surface area contributed by atoms with E-state index in [9.17, 15) is 9.59 Å². The third-order valence-corrected chi connectivity index (χ3v) is 6.77. The van der Waals surface area contributed by atoms with E-state index in [1.54, 1.807) is 36.4 Å². The molecule has 1 aliphatic rings. The Kier molecular flexibility index (Phi) is 6.79. The van der Waals surface area contributed by atoms with Crippen LogP contribution in [0.3, 0.4) is 0 Å². The number of halogens is 1. The van der Waals surface area contributed by atoms with Gasteiger partial charge < -0.3 is 4.74 Å². The number of carbonyl (C=O) groups is 2. The van der Waals surface area contributed by atoms with Crippen molar-refractivity contribution in [2.75, 3.05) is 0 Å². The highest BCUT2D eigenvalue weighted by Gasteiger charge is 2.53. The van der Waals surface area contributed by atoms with Gasteiger partial charge in [-0.25, -0.2) is 9.79 Å². The van der Waals surface area contributed by atoms with Crippen molar-refractivity contribution in [1.29, 1.82) is 0 Å². The summed E-state index contributed by atoms with van der Waals surface area (Å²) >= 11 is 6.07. The molecule has 4 aromatic carbocycles. The quantitative estimate of drug-likeness (QED) is 0.203. The number of carbonyl (C=O) groups excluding carboxylic acids is 2. The Morgan fingerprint density at radius 1 is 0.806 bits per heavy atom. The first-order valence-electron chi connectivity index (χ1n) is 11.8. The Bertz CT molecular complexity index is 1390. The van der Waals surface area contributed by atoms with E-state index in [0.717, 1.165) is 11.1 Å². The number of ketones is 1. The van der Waals surface area contributed by atoms with Gasteiger partial charge in [-0.15, -0.1) is 0 Å². The van der Waals surface area contributed by atoms with Gasteiger partial charge in [0.2, 0.25) is 5.90 Å². The molecule has 36 heavy (non-hydrogen) atoms. The van der Waals surface area contributed by atoms with E-state index in [2.05, 4.69) is 0 Å². The molecule has 0 unspecified atom stereocenters. The number of esters is 1. The van der Waals surface area contributed by atoms with Gasteiger partial charge in [-0.3, -0.25) is 4.79 Å². The van der Waals surface area contributed by atoms with Crippen molar-refractivity contribution < 1.29 is 14.3 Å². The molecule has 178 valence electrons. The van der Waals surface area contributed by atoms with Crippen LogP contribution >= 0.6 is 11.6 Å². The summed E-state index contributed by atoms with van der Waals surface area (Å²) in [6.07, 6.45) is 0.402. The van der Waals surface area contributed by atoms with Crippen LogP contribution in [-0.2, 0) is 16.0 Å². The molecular formula is C31H24ClNO3. The summed E-state index contributed by atoms with van der Waals surface area (Å²) < 4.78 is 5.82. The summed E-state index contributed by atoms with van der Waals surface area (Å²) in [5, 5.41) is 0.579. The number of Topliss-reactive ketones (excluding diaryl/α,β-unsaturated/α-hetero) is 1. The fraction of sp³-hybridized carbons (Fsp3) is 0.129. The highest BCUT2D eigenvalue weighted by molar-refractivity contribution is 6.30. The lowest BCUT2D eigenvalue weighted by atomic mass is 9.73. The molecule has 0 bridgehead atoms. The largest absolute Gasteiger partial charge is 0.405 e. The van der Waals surface area contributed by atoms with Crippen LogP contribution in [0.15, 0.2) is 120 Å². The first-order chi connectivity index (χ1) is 17.5.